The Labute approximate surface area is 134 Å². The van der Waals surface area contributed by atoms with Crippen molar-refractivity contribution in [1.29, 1.82) is 0 Å². The second-order valence-electron chi connectivity index (χ2n) is 4.72. The summed E-state index contributed by atoms with van der Waals surface area (Å²) in [6.07, 6.45) is -4.50. The first kappa shape index (κ1) is 17.2. The second kappa shape index (κ2) is 6.97. The molecule has 2 rings (SSSR count). The molecule has 2 N–H and O–H groups in total. The third kappa shape index (κ3) is 4.67. The van der Waals surface area contributed by atoms with Gasteiger partial charge in [0.1, 0.15) is 5.15 Å². The first-order valence-corrected chi connectivity index (χ1v) is 6.90. The minimum atomic E-state index is -4.49. The number of carbonyl (C=O) groups excluding carboxylic acids is 1. The molecule has 0 aliphatic heterocycles. The number of hydrogen-bond acceptors (Lipinski definition) is 3. The SMILES string of the molecule is O=C(NC[C@@H](O)c1cccc(C(F)(F)F)c1)c1ccc(Cl)nc1. The van der Waals surface area contributed by atoms with Gasteiger partial charge in [0, 0.05) is 12.7 Å². The van der Waals surface area contributed by atoms with Gasteiger partial charge in [-0.2, -0.15) is 13.2 Å². The maximum Gasteiger partial charge on any atom is 0.416 e. The van der Waals surface area contributed by atoms with Crippen LogP contribution in [0.15, 0.2) is 42.6 Å². The van der Waals surface area contributed by atoms with E-state index in [4.69, 9.17) is 11.6 Å². The standard InChI is InChI=1S/C15H12ClF3N2O2/c16-13-5-4-10(7-20-13)14(23)21-8-12(22)9-2-1-3-11(6-9)15(17,18)19/h1-7,12,22H,8H2,(H,21,23)/t12-/m1/s1. The highest BCUT2D eigenvalue weighted by Gasteiger charge is 2.30. The molecule has 1 aromatic carbocycles. The van der Waals surface area contributed by atoms with E-state index in [1.165, 1.54) is 30.5 Å². The van der Waals surface area contributed by atoms with Crippen LogP contribution in [0, 0.1) is 0 Å². The molecule has 122 valence electrons. The van der Waals surface area contributed by atoms with Gasteiger partial charge in [0.15, 0.2) is 0 Å². The summed E-state index contributed by atoms with van der Waals surface area (Å²) < 4.78 is 37.9. The predicted octanol–water partition coefficient (Wildman–Crippen LogP) is 3.22. The summed E-state index contributed by atoms with van der Waals surface area (Å²) in [7, 11) is 0. The number of hydrogen-bond donors (Lipinski definition) is 2. The topological polar surface area (TPSA) is 62.2 Å². The monoisotopic (exact) mass is 344 g/mol. The number of amides is 1. The number of nitrogens with one attached hydrogen (secondary N) is 1. The van der Waals surface area contributed by atoms with Crippen molar-refractivity contribution >= 4 is 17.5 Å². The molecule has 0 radical (unpaired) electrons. The Kier molecular flexibility index (Phi) is 5.23. The molecule has 0 aliphatic rings. The van der Waals surface area contributed by atoms with Gasteiger partial charge in [0.25, 0.3) is 5.91 Å². The van der Waals surface area contributed by atoms with Gasteiger partial charge in [-0.25, -0.2) is 4.98 Å². The van der Waals surface area contributed by atoms with Crippen LogP contribution in [-0.2, 0) is 6.18 Å². The average molecular weight is 345 g/mol. The number of rotatable bonds is 4. The molecule has 4 nitrogen and oxygen atoms in total. The van der Waals surface area contributed by atoms with Gasteiger partial charge < -0.3 is 10.4 Å². The van der Waals surface area contributed by atoms with Gasteiger partial charge in [-0.3, -0.25) is 4.79 Å². The van der Waals surface area contributed by atoms with Crippen LogP contribution in [0.4, 0.5) is 13.2 Å². The fraction of sp³-hybridized carbons (Fsp3) is 0.200. The van der Waals surface area contributed by atoms with Gasteiger partial charge in [0.05, 0.1) is 17.2 Å². The lowest BCUT2D eigenvalue weighted by atomic mass is 10.1. The minimum absolute atomic E-state index is 0.0642. The quantitative estimate of drug-likeness (QED) is 0.837. The number of carbonyl (C=O) groups is 1. The minimum Gasteiger partial charge on any atom is -0.387 e. The lowest BCUT2D eigenvalue weighted by Crippen LogP contribution is -2.28. The zero-order chi connectivity index (χ0) is 17.0. The molecular weight excluding hydrogens is 333 g/mol. The summed E-state index contributed by atoms with van der Waals surface area (Å²) in [6.45, 7) is -0.233. The van der Waals surface area contributed by atoms with Gasteiger partial charge in [-0.05, 0) is 29.8 Å². The van der Waals surface area contributed by atoms with E-state index in [9.17, 15) is 23.1 Å². The van der Waals surface area contributed by atoms with Crippen LogP contribution in [-0.4, -0.2) is 22.5 Å². The van der Waals surface area contributed by atoms with E-state index in [2.05, 4.69) is 10.3 Å². The number of aliphatic hydroxyl groups is 1. The molecule has 0 spiro atoms. The first-order chi connectivity index (χ1) is 10.8. The second-order valence-corrected chi connectivity index (χ2v) is 5.11. The number of alkyl halides is 3. The van der Waals surface area contributed by atoms with E-state index in [1.807, 2.05) is 0 Å². The molecule has 1 atom stereocenters. The number of aliphatic hydroxyl groups excluding tert-OH is 1. The highest BCUT2D eigenvalue weighted by molar-refractivity contribution is 6.29. The Morgan fingerprint density at radius 1 is 1.30 bits per heavy atom. The lowest BCUT2D eigenvalue weighted by molar-refractivity contribution is -0.137. The third-order valence-electron chi connectivity index (χ3n) is 3.04. The molecule has 2 aromatic rings. The maximum atomic E-state index is 12.6. The van der Waals surface area contributed by atoms with Crippen molar-refractivity contribution in [3.8, 4) is 0 Å². The highest BCUT2D eigenvalue weighted by Crippen LogP contribution is 2.30. The van der Waals surface area contributed by atoms with Crippen LogP contribution in [0.2, 0.25) is 5.15 Å². The zero-order valence-corrected chi connectivity index (χ0v) is 12.4. The summed E-state index contributed by atoms with van der Waals surface area (Å²) in [5.41, 5.74) is -0.567. The molecule has 1 amide bonds. The van der Waals surface area contributed by atoms with Crippen LogP contribution in [0.5, 0.6) is 0 Å². The molecule has 23 heavy (non-hydrogen) atoms. The van der Waals surface area contributed by atoms with Crippen molar-refractivity contribution in [2.45, 2.75) is 12.3 Å². The first-order valence-electron chi connectivity index (χ1n) is 6.52. The zero-order valence-electron chi connectivity index (χ0n) is 11.6. The van der Waals surface area contributed by atoms with E-state index < -0.39 is 23.8 Å². The van der Waals surface area contributed by atoms with E-state index in [0.717, 1.165) is 12.1 Å². The summed E-state index contributed by atoms with van der Waals surface area (Å²) >= 11 is 5.60. The number of nitrogens with zero attached hydrogens (tertiary/aromatic N) is 1. The molecule has 0 aliphatic carbocycles. The van der Waals surface area contributed by atoms with Crippen molar-refractivity contribution < 1.29 is 23.1 Å². The Bertz CT molecular complexity index is 690. The van der Waals surface area contributed by atoms with E-state index in [0.29, 0.717) is 0 Å². The molecule has 0 fully saturated rings. The molecule has 0 unspecified atom stereocenters. The van der Waals surface area contributed by atoms with Gasteiger partial charge in [-0.15, -0.1) is 0 Å². The number of halogens is 4. The smallest absolute Gasteiger partial charge is 0.387 e. The normalized spacial score (nSPS) is 12.7. The molecule has 1 aromatic heterocycles. The molecule has 8 heteroatoms. The molecule has 0 saturated heterocycles. The average Bonchev–Trinajstić information content (AvgIpc) is 2.52. The van der Waals surface area contributed by atoms with Crippen LogP contribution in [0.25, 0.3) is 0 Å². The van der Waals surface area contributed by atoms with Crippen LogP contribution in [0.1, 0.15) is 27.6 Å². The molecule has 0 saturated carbocycles. The van der Waals surface area contributed by atoms with Gasteiger partial charge in [0.2, 0.25) is 0 Å². The van der Waals surface area contributed by atoms with Gasteiger partial charge >= 0.3 is 6.18 Å². The fourth-order valence-corrected chi connectivity index (χ4v) is 1.95. The van der Waals surface area contributed by atoms with Crippen molar-refractivity contribution in [2.75, 3.05) is 6.54 Å². The van der Waals surface area contributed by atoms with E-state index >= 15 is 0 Å². The molecular formula is C15H12ClF3N2O2. The molecule has 0 bridgehead atoms. The maximum absolute atomic E-state index is 12.6. The molecule has 1 heterocycles. The van der Waals surface area contributed by atoms with Crippen LogP contribution in [0.3, 0.4) is 0 Å². The lowest BCUT2D eigenvalue weighted by Gasteiger charge is -2.14. The van der Waals surface area contributed by atoms with Gasteiger partial charge in [-0.1, -0.05) is 23.7 Å². The van der Waals surface area contributed by atoms with Crippen LogP contribution < -0.4 is 5.32 Å². The Balaban J connectivity index is 2.01. The summed E-state index contributed by atoms with van der Waals surface area (Å²) in [5.74, 6) is -0.514. The Morgan fingerprint density at radius 3 is 2.65 bits per heavy atom. The number of aromatic nitrogens is 1. The Hall–Kier alpha value is -2.12. The van der Waals surface area contributed by atoms with E-state index in [1.54, 1.807) is 0 Å². The number of pyridine rings is 1. The highest BCUT2D eigenvalue weighted by atomic mass is 35.5. The van der Waals surface area contributed by atoms with Crippen LogP contribution >= 0.6 is 11.6 Å². The number of benzene rings is 1. The summed E-state index contributed by atoms with van der Waals surface area (Å²) in [4.78, 5) is 15.6. The summed E-state index contributed by atoms with van der Waals surface area (Å²) in [5, 5.41) is 12.6. The van der Waals surface area contributed by atoms with Crippen molar-refractivity contribution in [3.05, 3.63) is 64.4 Å². The summed E-state index contributed by atoms with van der Waals surface area (Å²) in [6, 6.07) is 7.19. The Morgan fingerprint density at radius 2 is 2.04 bits per heavy atom. The van der Waals surface area contributed by atoms with Crippen molar-refractivity contribution in [3.63, 3.8) is 0 Å². The van der Waals surface area contributed by atoms with E-state index in [-0.39, 0.29) is 22.8 Å². The third-order valence-corrected chi connectivity index (χ3v) is 3.27. The van der Waals surface area contributed by atoms with Crippen molar-refractivity contribution in [1.82, 2.24) is 10.3 Å². The largest absolute Gasteiger partial charge is 0.416 e. The predicted molar refractivity (Wildman–Crippen MR) is 78.0 cm³/mol. The fourth-order valence-electron chi connectivity index (χ4n) is 1.84. The van der Waals surface area contributed by atoms with Crippen molar-refractivity contribution in [2.24, 2.45) is 0 Å².